The third-order valence-corrected chi connectivity index (χ3v) is 5.39. The SMILES string of the molecule is CCCNC(=O)CN1CCC(NC(=NCC(=O)N(C)C)NC(C)c2ccccc2)CC1. The predicted octanol–water partition coefficient (Wildman–Crippen LogP) is 1.36. The first-order valence-electron chi connectivity index (χ1n) is 11.2. The Labute approximate surface area is 186 Å². The molecule has 8 nitrogen and oxygen atoms in total. The van der Waals surface area contributed by atoms with Crippen molar-refractivity contribution in [1.29, 1.82) is 0 Å². The van der Waals surface area contributed by atoms with Crippen molar-refractivity contribution in [2.75, 3.05) is 46.8 Å². The van der Waals surface area contributed by atoms with Crippen LogP contribution in [-0.2, 0) is 9.59 Å². The molecule has 0 aromatic heterocycles. The van der Waals surface area contributed by atoms with Gasteiger partial charge in [-0.1, -0.05) is 37.3 Å². The van der Waals surface area contributed by atoms with Crippen molar-refractivity contribution in [2.45, 2.75) is 45.2 Å². The van der Waals surface area contributed by atoms with Gasteiger partial charge in [0.1, 0.15) is 6.54 Å². The first-order valence-corrected chi connectivity index (χ1v) is 11.2. The maximum atomic E-state index is 12.0. The molecule has 0 spiro atoms. The highest BCUT2D eigenvalue weighted by molar-refractivity contribution is 5.85. The van der Waals surface area contributed by atoms with Gasteiger partial charge >= 0.3 is 0 Å². The number of likely N-dealkylation sites (tertiary alicyclic amines) is 1. The molecule has 1 atom stereocenters. The van der Waals surface area contributed by atoms with E-state index in [1.54, 1.807) is 19.0 Å². The first-order chi connectivity index (χ1) is 14.9. The molecule has 1 aromatic carbocycles. The number of hydrogen-bond acceptors (Lipinski definition) is 4. The lowest BCUT2D eigenvalue weighted by Gasteiger charge is -2.33. The number of carbonyl (C=O) groups excluding carboxylic acids is 2. The van der Waals surface area contributed by atoms with Gasteiger partial charge in [-0.05, 0) is 31.7 Å². The second kappa shape index (κ2) is 12.9. The maximum Gasteiger partial charge on any atom is 0.243 e. The first kappa shape index (κ1) is 24.7. The van der Waals surface area contributed by atoms with Crippen molar-refractivity contribution in [1.82, 2.24) is 25.8 Å². The fourth-order valence-corrected chi connectivity index (χ4v) is 3.40. The fourth-order valence-electron chi connectivity index (χ4n) is 3.40. The van der Waals surface area contributed by atoms with Crippen molar-refractivity contribution in [2.24, 2.45) is 4.99 Å². The minimum Gasteiger partial charge on any atom is -0.355 e. The maximum absolute atomic E-state index is 12.0. The van der Waals surface area contributed by atoms with Gasteiger partial charge in [0, 0.05) is 39.8 Å². The topological polar surface area (TPSA) is 89.1 Å². The third kappa shape index (κ3) is 8.96. The number of rotatable bonds is 9. The van der Waals surface area contributed by atoms with Crippen LogP contribution in [0.5, 0.6) is 0 Å². The van der Waals surface area contributed by atoms with Gasteiger partial charge in [0.2, 0.25) is 11.8 Å². The largest absolute Gasteiger partial charge is 0.355 e. The Kier molecular flexibility index (Phi) is 10.3. The molecule has 0 bridgehead atoms. The van der Waals surface area contributed by atoms with E-state index >= 15 is 0 Å². The van der Waals surface area contributed by atoms with E-state index < -0.39 is 0 Å². The van der Waals surface area contributed by atoms with Crippen LogP contribution in [0.15, 0.2) is 35.3 Å². The van der Waals surface area contributed by atoms with E-state index in [1.807, 2.05) is 18.2 Å². The normalized spacial score (nSPS) is 16.5. The van der Waals surface area contributed by atoms with E-state index in [0.717, 1.165) is 44.5 Å². The molecule has 1 unspecified atom stereocenters. The number of likely N-dealkylation sites (N-methyl/N-ethyl adjacent to an activating group) is 1. The standard InChI is InChI=1S/C23H38N6O2/c1-5-13-24-21(30)17-29-14-11-20(12-15-29)27-23(25-16-22(31)28(3)4)26-18(2)19-9-7-6-8-10-19/h6-10,18,20H,5,11-17H2,1-4H3,(H,24,30)(H2,25,26,27). The molecular weight excluding hydrogens is 392 g/mol. The summed E-state index contributed by atoms with van der Waals surface area (Å²) in [5.74, 6) is 0.697. The number of nitrogens with one attached hydrogen (secondary N) is 3. The third-order valence-electron chi connectivity index (χ3n) is 5.39. The van der Waals surface area contributed by atoms with E-state index in [2.05, 4.69) is 51.8 Å². The predicted molar refractivity (Wildman–Crippen MR) is 125 cm³/mol. The Morgan fingerprint density at radius 3 is 2.48 bits per heavy atom. The van der Waals surface area contributed by atoms with Crippen LogP contribution in [0.2, 0.25) is 0 Å². The van der Waals surface area contributed by atoms with Gasteiger partial charge in [0.25, 0.3) is 0 Å². The van der Waals surface area contributed by atoms with Gasteiger partial charge in [-0.2, -0.15) is 0 Å². The Morgan fingerprint density at radius 1 is 1.19 bits per heavy atom. The summed E-state index contributed by atoms with van der Waals surface area (Å²) in [6.45, 7) is 7.13. The second-order valence-corrected chi connectivity index (χ2v) is 8.27. The highest BCUT2D eigenvalue weighted by Crippen LogP contribution is 2.13. The Morgan fingerprint density at radius 2 is 1.87 bits per heavy atom. The van der Waals surface area contributed by atoms with Crippen molar-refractivity contribution in [3.8, 4) is 0 Å². The molecule has 2 amide bonds. The van der Waals surface area contributed by atoms with E-state index in [-0.39, 0.29) is 30.4 Å². The summed E-state index contributed by atoms with van der Waals surface area (Å²) in [5.41, 5.74) is 1.16. The molecule has 8 heteroatoms. The average Bonchev–Trinajstić information content (AvgIpc) is 2.77. The monoisotopic (exact) mass is 430 g/mol. The number of piperidine rings is 1. The Balaban J connectivity index is 1.92. The van der Waals surface area contributed by atoms with Crippen LogP contribution in [0.4, 0.5) is 0 Å². The van der Waals surface area contributed by atoms with Crippen LogP contribution in [0.3, 0.4) is 0 Å². The lowest BCUT2D eigenvalue weighted by Crippen LogP contribution is -2.50. The van der Waals surface area contributed by atoms with Crippen molar-refractivity contribution in [3.05, 3.63) is 35.9 Å². The molecule has 2 rings (SSSR count). The smallest absolute Gasteiger partial charge is 0.243 e. The summed E-state index contributed by atoms with van der Waals surface area (Å²) in [6.07, 6.45) is 2.79. The second-order valence-electron chi connectivity index (χ2n) is 8.27. The number of aliphatic imine (C=N–C) groups is 1. The van der Waals surface area contributed by atoms with Gasteiger partial charge in [-0.25, -0.2) is 4.99 Å². The van der Waals surface area contributed by atoms with Crippen LogP contribution in [0.1, 0.15) is 44.7 Å². The zero-order valence-corrected chi connectivity index (χ0v) is 19.4. The van der Waals surface area contributed by atoms with Gasteiger partial charge < -0.3 is 20.9 Å². The van der Waals surface area contributed by atoms with Crippen LogP contribution in [0.25, 0.3) is 0 Å². The summed E-state index contributed by atoms with van der Waals surface area (Å²) in [5, 5.41) is 9.87. The fraction of sp³-hybridized carbons (Fsp3) is 0.609. The van der Waals surface area contributed by atoms with Crippen LogP contribution in [-0.4, -0.2) is 80.4 Å². The summed E-state index contributed by atoms with van der Waals surface area (Å²) < 4.78 is 0. The molecule has 0 saturated carbocycles. The van der Waals surface area contributed by atoms with E-state index in [1.165, 1.54) is 0 Å². The van der Waals surface area contributed by atoms with Gasteiger partial charge in [-0.3, -0.25) is 14.5 Å². The van der Waals surface area contributed by atoms with Gasteiger partial charge in [0.15, 0.2) is 5.96 Å². The minimum absolute atomic E-state index is 0.0404. The van der Waals surface area contributed by atoms with Crippen LogP contribution in [0, 0.1) is 0 Å². The summed E-state index contributed by atoms with van der Waals surface area (Å²) in [6, 6.07) is 10.5. The molecule has 1 aromatic rings. The number of amides is 2. The molecule has 1 heterocycles. The van der Waals surface area contributed by atoms with Crippen LogP contribution < -0.4 is 16.0 Å². The molecule has 3 N–H and O–H groups in total. The zero-order chi connectivity index (χ0) is 22.6. The summed E-state index contributed by atoms with van der Waals surface area (Å²) >= 11 is 0. The van der Waals surface area contributed by atoms with Crippen molar-refractivity contribution in [3.63, 3.8) is 0 Å². The molecule has 1 aliphatic rings. The number of nitrogens with zero attached hydrogens (tertiary/aromatic N) is 3. The summed E-state index contributed by atoms with van der Waals surface area (Å²) in [7, 11) is 3.47. The number of carbonyl (C=O) groups is 2. The van der Waals surface area contributed by atoms with E-state index in [0.29, 0.717) is 12.5 Å². The summed E-state index contributed by atoms with van der Waals surface area (Å²) in [4.78, 5) is 32.3. The van der Waals surface area contributed by atoms with Crippen molar-refractivity contribution >= 4 is 17.8 Å². The Bertz CT molecular complexity index is 714. The lowest BCUT2D eigenvalue weighted by molar-refractivity contribution is -0.127. The molecule has 0 aliphatic carbocycles. The molecule has 172 valence electrons. The molecule has 1 fully saturated rings. The molecule has 31 heavy (non-hydrogen) atoms. The highest BCUT2D eigenvalue weighted by Gasteiger charge is 2.22. The average molecular weight is 431 g/mol. The number of benzene rings is 1. The van der Waals surface area contributed by atoms with Gasteiger partial charge in [0.05, 0.1) is 12.6 Å². The quantitative estimate of drug-likeness (QED) is 0.407. The molecule has 1 saturated heterocycles. The lowest BCUT2D eigenvalue weighted by atomic mass is 10.1. The molecular formula is C23H38N6O2. The van der Waals surface area contributed by atoms with Gasteiger partial charge in [-0.15, -0.1) is 0 Å². The zero-order valence-electron chi connectivity index (χ0n) is 19.4. The highest BCUT2D eigenvalue weighted by atomic mass is 16.2. The van der Waals surface area contributed by atoms with E-state index in [4.69, 9.17) is 0 Å². The number of guanidine groups is 1. The number of hydrogen-bond donors (Lipinski definition) is 3. The van der Waals surface area contributed by atoms with E-state index in [9.17, 15) is 9.59 Å². The Hall–Kier alpha value is -2.61. The van der Waals surface area contributed by atoms with Crippen LogP contribution >= 0.6 is 0 Å². The molecule has 0 radical (unpaired) electrons. The van der Waals surface area contributed by atoms with Crippen molar-refractivity contribution < 1.29 is 9.59 Å². The molecule has 1 aliphatic heterocycles. The minimum atomic E-state index is -0.0404.